The Balaban J connectivity index is 1.89. The first-order valence-electron chi connectivity index (χ1n) is 6.02. The van der Waals surface area contributed by atoms with E-state index < -0.39 is 0 Å². The fourth-order valence-corrected chi connectivity index (χ4v) is 3.18. The van der Waals surface area contributed by atoms with E-state index >= 15 is 0 Å². The normalized spacial score (nSPS) is 16.8. The van der Waals surface area contributed by atoms with Gasteiger partial charge in [-0.05, 0) is 35.9 Å². The number of carbonyl (C=O) groups excluding carboxylic acids is 1. The summed E-state index contributed by atoms with van der Waals surface area (Å²) >= 11 is 6.48. The van der Waals surface area contributed by atoms with Crippen LogP contribution in [-0.2, 0) is 4.79 Å². The Bertz CT molecular complexity index is 733. The third-order valence-electron chi connectivity index (χ3n) is 2.92. The van der Waals surface area contributed by atoms with Crippen LogP contribution in [0.1, 0.15) is 11.3 Å². The number of halogens is 1. The summed E-state index contributed by atoms with van der Waals surface area (Å²) < 4.78 is 13.2. The first-order valence-corrected chi connectivity index (χ1v) is 7.25. The summed E-state index contributed by atoms with van der Waals surface area (Å²) in [6.07, 6.45) is 2.07. The standard InChI is InChI=1S/C15H10FNOS2/c16-10-3-1-2-9(6-10)14-5-4-11(20-14)7-12-13(18)8-15(19)17-12/h1-7H,8H2,(H,17,19)/b12-7+. The highest BCUT2D eigenvalue weighted by atomic mass is 32.1. The predicted octanol–water partition coefficient (Wildman–Crippen LogP) is 3.78. The minimum Gasteiger partial charge on any atom is -0.347 e. The topological polar surface area (TPSA) is 29.1 Å². The van der Waals surface area contributed by atoms with Crippen molar-refractivity contribution < 1.29 is 9.18 Å². The van der Waals surface area contributed by atoms with Crippen molar-refractivity contribution in [3.8, 4) is 10.4 Å². The second kappa shape index (κ2) is 5.26. The lowest BCUT2D eigenvalue weighted by Gasteiger charge is -1.97. The van der Waals surface area contributed by atoms with Crippen molar-refractivity contribution in [2.24, 2.45) is 0 Å². The Labute approximate surface area is 124 Å². The number of benzene rings is 1. The predicted molar refractivity (Wildman–Crippen MR) is 83.0 cm³/mol. The number of hydrogen-bond donors (Lipinski definition) is 1. The summed E-state index contributed by atoms with van der Waals surface area (Å²) in [5.74, 6) is -0.246. The van der Waals surface area contributed by atoms with Gasteiger partial charge in [-0.25, -0.2) is 4.39 Å². The number of Topliss-reactive ketones (excluding diaryl/α,β-unsaturated/α-hetero) is 1. The van der Waals surface area contributed by atoms with Crippen molar-refractivity contribution in [3.63, 3.8) is 0 Å². The van der Waals surface area contributed by atoms with Gasteiger partial charge in [0.25, 0.3) is 0 Å². The number of rotatable bonds is 2. The van der Waals surface area contributed by atoms with Gasteiger partial charge >= 0.3 is 0 Å². The molecule has 1 saturated heterocycles. The number of carbonyl (C=O) groups is 1. The molecule has 1 aliphatic heterocycles. The van der Waals surface area contributed by atoms with E-state index in [2.05, 4.69) is 5.32 Å². The van der Waals surface area contributed by atoms with Gasteiger partial charge in [0, 0.05) is 9.75 Å². The molecule has 0 saturated carbocycles. The van der Waals surface area contributed by atoms with Crippen LogP contribution in [0.2, 0.25) is 0 Å². The minimum absolute atomic E-state index is 0.00991. The lowest BCUT2D eigenvalue weighted by atomic mass is 10.2. The Morgan fingerprint density at radius 2 is 2.15 bits per heavy atom. The molecular weight excluding hydrogens is 293 g/mol. The van der Waals surface area contributed by atoms with Gasteiger partial charge in [0.15, 0.2) is 5.78 Å². The number of nitrogens with one attached hydrogen (secondary N) is 1. The summed E-state index contributed by atoms with van der Waals surface area (Å²) in [5.41, 5.74) is 1.36. The highest BCUT2D eigenvalue weighted by Gasteiger charge is 2.21. The molecular formula is C15H10FNOS2. The van der Waals surface area contributed by atoms with Gasteiger partial charge < -0.3 is 5.32 Å². The molecule has 1 fully saturated rings. The van der Waals surface area contributed by atoms with E-state index in [1.165, 1.54) is 23.5 Å². The maximum atomic E-state index is 13.2. The second-order valence-corrected chi connectivity index (χ2v) is 6.03. The van der Waals surface area contributed by atoms with Crippen LogP contribution in [0.5, 0.6) is 0 Å². The Morgan fingerprint density at radius 1 is 1.30 bits per heavy atom. The summed E-state index contributed by atoms with van der Waals surface area (Å²) in [7, 11) is 0. The lowest BCUT2D eigenvalue weighted by Crippen LogP contribution is -2.10. The monoisotopic (exact) mass is 303 g/mol. The van der Waals surface area contributed by atoms with Crippen LogP contribution in [0.15, 0.2) is 42.1 Å². The number of hydrogen-bond acceptors (Lipinski definition) is 3. The lowest BCUT2D eigenvalue weighted by molar-refractivity contribution is -0.113. The molecule has 0 bridgehead atoms. The van der Waals surface area contributed by atoms with E-state index in [9.17, 15) is 9.18 Å². The van der Waals surface area contributed by atoms with E-state index in [0.717, 1.165) is 15.3 Å². The third-order valence-corrected chi connectivity index (χ3v) is 4.25. The molecule has 2 aromatic rings. The SMILES string of the molecule is O=C1CC(=S)N/C1=C/c1ccc(-c2cccc(F)c2)s1. The maximum absolute atomic E-state index is 13.2. The average molecular weight is 303 g/mol. The van der Waals surface area contributed by atoms with Crippen molar-refractivity contribution in [1.29, 1.82) is 0 Å². The van der Waals surface area contributed by atoms with Gasteiger partial charge in [0.2, 0.25) is 0 Å². The highest BCUT2D eigenvalue weighted by Crippen LogP contribution is 2.30. The quantitative estimate of drug-likeness (QED) is 0.676. The number of ketones is 1. The van der Waals surface area contributed by atoms with Gasteiger partial charge in [-0.1, -0.05) is 24.4 Å². The summed E-state index contributed by atoms with van der Waals surface area (Å²) in [6, 6.07) is 10.3. The van der Waals surface area contributed by atoms with Crippen LogP contribution >= 0.6 is 23.6 Å². The van der Waals surface area contributed by atoms with E-state index in [-0.39, 0.29) is 18.0 Å². The first-order chi connectivity index (χ1) is 9.61. The fraction of sp³-hybridized carbons (Fsp3) is 0.0667. The molecule has 2 heterocycles. The van der Waals surface area contributed by atoms with Crippen molar-refractivity contribution in [3.05, 3.63) is 52.8 Å². The van der Waals surface area contributed by atoms with Crippen LogP contribution in [0.3, 0.4) is 0 Å². The smallest absolute Gasteiger partial charge is 0.185 e. The Kier molecular flexibility index (Phi) is 3.46. The Hall–Kier alpha value is -1.85. The third kappa shape index (κ3) is 2.69. The largest absolute Gasteiger partial charge is 0.347 e. The molecule has 100 valence electrons. The molecule has 0 amide bonds. The van der Waals surface area contributed by atoms with Crippen molar-refractivity contribution in [1.82, 2.24) is 5.32 Å². The minimum atomic E-state index is -0.256. The van der Waals surface area contributed by atoms with Gasteiger partial charge in [0.05, 0.1) is 17.1 Å². The van der Waals surface area contributed by atoms with Gasteiger partial charge in [-0.2, -0.15) is 0 Å². The highest BCUT2D eigenvalue weighted by molar-refractivity contribution is 7.80. The summed E-state index contributed by atoms with van der Waals surface area (Å²) in [6.45, 7) is 0. The molecule has 5 heteroatoms. The maximum Gasteiger partial charge on any atom is 0.185 e. The molecule has 1 aromatic carbocycles. The molecule has 1 aliphatic rings. The van der Waals surface area contributed by atoms with Crippen LogP contribution in [-0.4, -0.2) is 10.8 Å². The zero-order valence-corrected chi connectivity index (χ0v) is 12.0. The zero-order valence-electron chi connectivity index (χ0n) is 10.4. The number of thiophene rings is 1. The molecule has 0 atom stereocenters. The molecule has 2 nitrogen and oxygen atoms in total. The zero-order chi connectivity index (χ0) is 14.1. The van der Waals surface area contributed by atoms with Gasteiger partial charge in [-0.15, -0.1) is 11.3 Å². The molecule has 1 N–H and O–H groups in total. The molecule has 20 heavy (non-hydrogen) atoms. The van der Waals surface area contributed by atoms with Crippen LogP contribution < -0.4 is 5.32 Å². The molecule has 3 rings (SSSR count). The molecule has 0 unspecified atom stereocenters. The second-order valence-electron chi connectivity index (χ2n) is 4.42. The van der Waals surface area contributed by atoms with Crippen molar-refractivity contribution >= 4 is 40.4 Å². The first kappa shape index (κ1) is 13.1. The molecule has 1 aromatic heterocycles. The van der Waals surface area contributed by atoms with Gasteiger partial charge in [0.1, 0.15) is 5.82 Å². The number of allylic oxidation sites excluding steroid dienone is 1. The van der Waals surface area contributed by atoms with Crippen LogP contribution in [0.25, 0.3) is 16.5 Å². The molecule has 0 radical (unpaired) electrons. The summed E-state index contributed by atoms with van der Waals surface area (Å²) in [4.78, 5) is 14.1. The van der Waals surface area contributed by atoms with Crippen LogP contribution in [0.4, 0.5) is 4.39 Å². The van der Waals surface area contributed by atoms with E-state index in [1.807, 2.05) is 18.2 Å². The summed E-state index contributed by atoms with van der Waals surface area (Å²) in [5, 5.41) is 2.90. The van der Waals surface area contributed by atoms with E-state index in [4.69, 9.17) is 12.2 Å². The van der Waals surface area contributed by atoms with Gasteiger partial charge in [-0.3, -0.25) is 4.79 Å². The van der Waals surface area contributed by atoms with Crippen LogP contribution in [0, 0.1) is 5.82 Å². The Morgan fingerprint density at radius 3 is 2.85 bits per heavy atom. The number of thiocarbonyl (C=S) groups is 1. The van der Waals surface area contributed by atoms with Crippen molar-refractivity contribution in [2.45, 2.75) is 6.42 Å². The molecule has 0 aliphatic carbocycles. The van der Waals surface area contributed by atoms with E-state index in [0.29, 0.717) is 10.7 Å². The molecule has 0 spiro atoms. The average Bonchev–Trinajstić information content (AvgIpc) is 2.97. The fourth-order valence-electron chi connectivity index (χ4n) is 1.99. The van der Waals surface area contributed by atoms with Crippen molar-refractivity contribution in [2.75, 3.05) is 0 Å². The van der Waals surface area contributed by atoms with E-state index in [1.54, 1.807) is 12.1 Å².